The van der Waals surface area contributed by atoms with Crippen LogP contribution >= 0.6 is 12.2 Å². The molecule has 0 saturated heterocycles. The number of aromatic amines is 1. The molecule has 0 bridgehead atoms. The van der Waals surface area contributed by atoms with Gasteiger partial charge in [0.2, 0.25) is 0 Å². The molecule has 2 aromatic heterocycles. The smallest absolute Gasteiger partial charge is 0.396 e. The van der Waals surface area contributed by atoms with Crippen molar-refractivity contribution in [3.8, 4) is 0 Å². The summed E-state index contributed by atoms with van der Waals surface area (Å²) in [6, 6.07) is 2.89. The molecule has 17 heavy (non-hydrogen) atoms. The van der Waals surface area contributed by atoms with Crippen molar-refractivity contribution < 1.29 is 13.2 Å². The lowest BCUT2D eigenvalue weighted by Gasteiger charge is -2.10. The predicted molar refractivity (Wildman–Crippen MR) is 61.1 cm³/mol. The molecule has 2 aromatic rings. The van der Waals surface area contributed by atoms with Gasteiger partial charge in [-0.2, -0.15) is 13.2 Å². The van der Waals surface area contributed by atoms with E-state index in [1.165, 1.54) is 19.1 Å². The molecule has 0 fully saturated rings. The van der Waals surface area contributed by atoms with Crippen molar-refractivity contribution in [2.45, 2.75) is 13.1 Å². The minimum Gasteiger partial charge on any atom is -0.396 e. The molecule has 3 nitrogen and oxygen atoms in total. The van der Waals surface area contributed by atoms with Gasteiger partial charge < -0.3 is 10.7 Å². The van der Waals surface area contributed by atoms with E-state index in [2.05, 4.69) is 9.97 Å². The highest BCUT2D eigenvalue weighted by atomic mass is 32.1. The molecule has 0 aromatic carbocycles. The third kappa shape index (κ3) is 2.10. The molecule has 0 spiro atoms. The Morgan fingerprint density at radius 2 is 2.00 bits per heavy atom. The van der Waals surface area contributed by atoms with Crippen molar-refractivity contribution in [3.63, 3.8) is 0 Å². The second kappa shape index (κ2) is 3.69. The van der Waals surface area contributed by atoms with Gasteiger partial charge in [-0.3, -0.25) is 0 Å². The highest BCUT2D eigenvalue weighted by Crippen LogP contribution is 2.31. The van der Waals surface area contributed by atoms with Crippen molar-refractivity contribution >= 4 is 28.9 Å². The summed E-state index contributed by atoms with van der Waals surface area (Å²) in [7, 11) is 0. The van der Waals surface area contributed by atoms with E-state index in [4.69, 9.17) is 18.0 Å². The van der Waals surface area contributed by atoms with Crippen molar-refractivity contribution in [3.05, 3.63) is 28.0 Å². The third-order valence-electron chi connectivity index (χ3n) is 2.32. The molecular formula is C10H8F3N3S. The Hall–Kier alpha value is -1.63. The van der Waals surface area contributed by atoms with Crippen molar-refractivity contribution in [2.24, 2.45) is 0 Å². The average Bonchev–Trinajstić information content (AvgIpc) is 2.18. The van der Waals surface area contributed by atoms with Gasteiger partial charge in [0.15, 0.2) is 0 Å². The topological polar surface area (TPSA) is 54.7 Å². The van der Waals surface area contributed by atoms with Crippen LogP contribution in [0.25, 0.3) is 11.0 Å². The first kappa shape index (κ1) is 11.8. The van der Waals surface area contributed by atoms with Crippen LogP contribution in [0.4, 0.5) is 18.9 Å². The Morgan fingerprint density at radius 3 is 2.59 bits per heavy atom. The van der Waals surface area contributed by atoms with Crippen LogP contribution in [0.1, 0.15) is 11.3 Å². The fourth-order valence-electron chi connectivity index (χ4n) is 1.54. The zero-order valence-corrected chi connectivity index (χ0v) is 9.54. The normalized spacial score (nSPS) is 12.0. The standard InChI is InChI=1S/C10H8F3N3S/c1-4-2-5-3-6(14)9(17)16-8(5)15-7(4)10(11,12)13/h2-3H,14H2,1H3,(H,15,16,17). The predicted octanol–water partition coefficient (Wildman–Crippen LogP) is 3.20. The lowest BCUT2D eigenvalue weighted by molar-refractivity contribution is -0.141. The SMILES string of the molecule is Cc1cc2cc(N)c(=S)[nH]c2nc1C(F)(F)F. The first-order chi connectivity index (χ1) is 7.79. The van der Waals surface area contributed by atoms with Gasteiger partial charge >= 0.3 is 6.18 Å². The number of anilines is 1. The maximum Gasteiger partial charge on any atom is 0.433 e. The number of aromatic nitrogens is 2. The van der Waals surface area contributed by atoms with E-state index in [9.17, 15) is 13.2 Å². The third-order valence-corrected chi connectivity index (χ3v) is 2.65. The number of alkyl halides is 3. The van der Waals surface area contributed by atoms with E-state index >= 15 is 0 Å². The Morgan fingerprint density at radius 1 is 1.35 bits per heavy atom. The number of pyridine rings is 2. The fourth-order valence-corrected chi connectivity index (χ4v) is 1.70. The maximum atomic E-state index is 12.6. The summed E-state index contributed by atoms with van der Waals surface area (Å²) in [6.07, 6.45) is -4.48. The highest BCUT2D eigenvalue weighted by Gasteiger charge is 2.34. The molecular weight excluding hydrogens is 251 g/mol. The molecule has 0 radical (unpaired) electrons. The zero-order valence-electron chi connectivity index (χ0n) is 8.72. The van der Waals surface area contributed by atoms with Crippen LogP contribution < -0.4 is 5.73 Å². The minimum atomic E-state index is -4.48. The van der Waals surface area contributed by atoms with E-state index in [0.29, 0.717) is 11.1 Å². The summed E-state index contributed by atoms with van der Waals surface area (Å²) < 4.78 is 38.1. The quantitative estimate of drug-likeness (QED) is 0.714. The number of hydrogen-bond donors (Lipinski definition) is 2. The second-order valence-corrected chi connectivity index (χ2v) is 4.05. The number of rotatable bonds is 0. The Bertz CT molecular complexity index is 646. The molecule has 0 aliphatic carbocycles. The van der Waals surface area contributed by atoms with E-state index in [1.54, 1.807) is 0 Å². The number of hydrogen-bond acceptors (Lipinski definition) is 3. The zero-order chi connectivity index (χ0) is 12.8. The monoisotopic (exact) mass is 259 g/mol. The molecule has 7 heteroatoms. The number of halogens is 3. The number of nitrogens with zero attached hydrogens (tertiary/aromatic N) is 1. The number of fused-ring (bicyclic) bond motifs is 1. The van der Waals surface area contributed by atoms with Crippen LogP contribution in [-0.2, 0) is 6.18 Å². The van der Waals surface area contributed by atoms with E-state index in [1.807, 2.05) is 0 Å². The molecule has 0 saturated carbocycles. The van der Waals surface area contributed by atoms with Crippen LogP contribution in [0.15, 0.2) is 12.1 Å². The number of aryl methyl sites for hydroxylation is 1. The highest BCUT2D eigenvalue weighted by molar-refractivity contribution is 7.71. The first-order valence-electron chi connectivity index (χ1n) is 4.66. The summed E-state index contributed by atoms with van der Waals surface area (Å²) in [5, 5.41) is 0.501. The van der Waals surface area contributed by atoms with Gasteiger partial charge in [0.1, 0.15) is 16.0 Å². The maximum absolute atomic E-state index is 12.6. The lowest BCUT2D eigenvalue weighted by Crippen LogP contribution is -2.11. The molecule has 3 N–H and O–H groups in total. The summed E-state index contributed by atoms with van der Waals surface area (Å²) in [4.78, 5) is 6.12. The Kier molecular flexibility index (Phi) is 2.57. The molecule has 0 amide bonds. The van der Waals surface area contributed by atoms with Gasteiger partial charge in [-0.1, -0.05) is 12.2 Å². The Balaban J connectivity index is 2.81. The Labute approximate surface area is 99.5 Å². The van der Waals surface area contributed by atoms with Crippen LogP contribution in [-0.4, -0.2) is 9.97 Å². The summed E-state index contributed by atoms with van der Waals surface area (Å²) in [5.74, 6) is 0. The lowest BCUT2D eigenvalue weighted by atomic mass is 10.1. The van der Waals surface area contributed by atoms with Gasteiger partial charge in [-0.15, -0.1) is 0 Å². The number of nitrogens with one attached hydrogen (secondary N) is 1. The van der Waals surface area contributed by atoms with Crippen LogP contribution in [0, 0.1) is 11.6 Å². The first-order valence-corrected chi connectivity index (χ1v) is 5.07. The molecule has 90 valence electrons. The summed E-state index contributed by atoms with van der Waals surface area (Å²) in [5.41, 5.74) is 5.11. The van der Waals surface area contributed by atoms with Crippen molar-refractivity contribution in [1.82, 2.24) is 9.97 Å². The summed E-state index contributed by atoms with van der Waals surface area (Å²) in [6.45, 7) is 1.35. The van der Waals surface area contributed by atoms with Gasteiger partial charge in [0.25, 0.3) is 0 Å². The van der Waals surface area contributed by atoms with Crippen LogP contribution in [0.3, 0.4) is 0 Å². The van der Waals surface area contributed by atoms with E-state index < -0.39 is 11.9 Å². The van der Waals surface area contributed by atoms with Gasteiger partial charge in [0.05, 0.1) is 5.69 Å². The van der Waals surface area contributed by atoms with Crippen molar-refractivity contribution in [1.29, 1.82) is 0 Å². The summed E-state index contributed by atoms with van der Waals surface area (Å²) >= 11 is 4.85. The molecule has 2 heterocycles. The van der Waals surface area contributed by atoms with Crippen molar-refractivity contribution in [2.75, 3.05) is 5.73 Å². The van der Waals surface area contributed by atoms with Gasteiger partial charge in [0, 0.05) is 5.39 Å². The number of nitrogen functional groups attached to an aromatic ring is 1. The molecule has 0 aliphatic heterocycles. The van der Waals surface area contributed by atoms with E-state index in [-0.39, 0.29) is 15.9 Å². The molecule has 0 unspecified atom stereocenters. The second-order valence-electron chi connectivity index (χ2n) is 3.64. The molecule has 0 atom stereocenters. The number of H-pyrrole nitrogens is 1. The minimum absolute atomic E-state index is 0.0509. The number of nitrogens with two attached hydrogens (primary N) is 1. The van der Waals surface area contributed by atoms with Gasteiger partial charge in [-0.05, 0) is 24.6 Å². The van der Waals surface area contributed by atoms with Crippen LogP contribution in [0.2, 0.25) is 0 Å². The van der Waals surface area contributed by atoms with E-state index in [0.717, 1.165) is 0 Å². The fraction of sp³-hybridized carbons (Fsp3) is 0.200. The van der Waals surface area contributed by atoms with Crippen LogP contribution in [0.5, 0.6) is 0 Å². The largest absolute Gasteiger partial charge is 0.433 e. The molecule has 0 aliphatic rings. The average molecular weight is 259 g/mol. The molecule has 2 rings (SSSR count). The van der Waals surface area contributed by atoms with Gasteiger partial charge in [-0.25, -0.2) is 4.98 Å².